The number of hydrogen-bond acceptors (Lipinski definition) is 5. The Labute approximate surface area is 156 Å². The van der Waals surface area contributed by atoms with Crippen molar-refractivity contribution in [2.75, 3.05) is 0 Å². The molecule has 3 aromatic rings. The largest absolute Gasteiger partial charge is 0.436 e. The molecule has 0 radical (unpaired) electrons. The van der Waals surface area contributed by atoms with E-state index in [1.807, 2.05) is 26.8 Å². The van der Waals surface area contributed by atoms with E-state index in [0.29, 0.717) is 13.1 Å². The average Bonchev–Trinajstić information content (AvgIpc) is 2.63. The lowest BCUT2D eigenvalue weighted by Gasteiger charge is -2.12. The average molecular weight is 370 g/mol. The molecule has 1 aromatic carbocycles. The van der Waals surface area contributed by atoms with Crippen LogP contribution >= 0.6 is 0 Å². The number of pyridine rings is 1. The summed E-state index contributed by atoms with van der Waals surface area (Å²) in [5, 5.41) is 3.28. The summed E-state index contributed by atoms with van der Waals surface area (Å²) < 4.78 is 32.4. The van der Waals surface area contributed by atoms with E-state index in [2.05, 4.69) is 20.3 Å². The van der Waals surface area contributed by atoms with Crippen LogP contribution < -0.4 is 10.1 Å². The van der Waals surface area contributed by atoms with Crippen LogP contribution in [-0.4, -0.2) is 15.0 Å². The van der Waals surface area contributed by atoms with Gasteiger partial charge in [0, 0.05) is 30.9 Å². The number of nitrogens with one attached hydrogen (secondary N) is 1. The van der Waals surface area contributed by atoms with E-state index < -0.39 is 11.6 Å². The second-order valence-electron chi connectivity index (χ2n) is 6.17. The first-order valence-corrected chi connectivity index (χ1v) is 8.52. The van der Waals surface area contributed by atoms with Crippen LogP contribution in [0.15, 0.2) is 36.5 Å². The molecular weight excluding hydrogens is 350 g/mol. The molecule has 0 bridgehead atoms. The molecular formula is C20H20F2N4O. The van der Waals surface area contributed by atoms with Crippen molar-refractivity contribution < 1.29 is 13.5 Å². The summed E-state index contributed by atoms with van der Waals surface area (Å²) in [5.41, 5.74) is 4.31. The minimum absolute atomic E-state index is 0.0766. The lowest BCUT2D eigenvalue weighted by molar-refractivity contribution is 0.417. The third-order valence-corrected chi connectivity index (χ3v) is 4.14. The highest BCUT2D eigenvalue weighted by Crippen LogP contribution is 2.26. The Morgan fingerprint density at radius 3 is 2.52 bits per heavy atom. The maximum atomic E-state index is 13.8. The van der Waals surface area contributed by atoms with Crippen molar-refractivity contribution in [2.24, 2.45) is 0 Å². The van der Waals surface area contributed by atoms with Gasteiger partial charge in [0.05, 0.1) is 22.8 Å². The molecule has 0 aliphatic rings. The lowest BCUT2D eigenvalue weighted by atomic mass is 10.2. The highest BCUT2D eigenvalue weighted by atomic mass is 19.1. The van der Waals surface area contributed by atoms with Gasteiger partial charge in [-0.3, -0.25) is 9.97 Å². The van der Waals surface area contributed by atoms with Crippen LogP contribution in [0.2, 0.25) is 0 Å². The first-order valence-electron chi connectivity index (χ1n) is 8.52. The molecule has 7 heteroatoms. The van der Waals surface area contributed by atoms with E-state index >= 15 is 0 Å². The molecule has 0 unspecified atom stereocenters. The van der Waals surface area contributed by atoms with Crippen molar-refractivity contribution in [3.05, 3.63) is 76.5 Å². The summed E-state index contributed by atoms with van der Waals surface area (Å²) in [6.45, 7) is 6.75. The second-order valence-corrected chi connectivity index (χ2v) is 6.17. The quantitative estimate of drug-likeness (QED) is 0.706. The molecule has 140 valence electrons. The van der Waals surface area contributed by atoms with Crippen molar-refractivity contribution in [3.8, 4) is 11.6 Å². The summed E-state index contributed by atoms with van der Waals surface area (Å²) >= 11 is 0. The first-order chi connectivity index (χ1) is 12.9. The molecule has 3 rings (SSSR count). The zero-order chi connectivity index (χ0) is 19.4. The number of rotatable bonds is 6. The molecule has 0 fully saturated rings. The fraction of sp³-hybridized carbons (Fsp3) is 0.250. The van der Waals surface area contributed by atoms with Gasteiger partial charge in [0.1, 0.15) is 5.82 Å². The number of aryl methyl sites for hydroxylation is 3. The number of aromatic nitrogens is 3. The Morgan fingerprint density at radius 2 is 1.74 bits per heavy atom. The zero-order valence-electron chi connectivity index (χ0n) is 15.4. The monoisotopic (exact) mass is 370 g/mol. The predicted molar refractivity (Wildman–Crippen MR) is 97.5 cm³/mol. The number of halogens is 2. The first kappa shape index (κ1) is 18.8. The molecule has 0 spiro atoms. The Kier molecular flexibility index (Phi) is 5.71. The van der Waals surface area contributed by atoms with Crippen molar-refractivity contribution in [1.29, 1.82) is 0 Å². The highest BCUT2D eigenvalue weighted by Gasteiger charge is 2.11. The zero-order valence-corrected chi connectivity index (χ0v) is 15.4. The number of nitrogens with zero attached hydrogens (tertiary/aromatic N) is 3. The summed E-state index contributed by atoms with van der Waals surface area (Å²) in [5.74, 6) is -1.25. The molecule has 0 saturated carbocycles. The van der Waals surface area contributed by atoms with Crippen LogP contribution in [0.4, 0.5) is 8.78 Å². The van der Waals surface area contributed by atoms with Gasteiger partial charge in [0.15, 0.2) is 11.6 Å². The summed E-state index contributed by atoms with van der Waals surface area (Å²) in [4.78, 5) is 13.2. The van der Waals surface area contributed by atoms with Crippen LogP contribution in [0.3, 0.4) is 0 Å². The third kappa shape index (κ3) is 4.62. The van der Waals surface area contributed by atoms with Gasteiger partial charge in [-0.15, -0.1) is 0 Å². The van der Waals surface area contributed by atoms with E-state index in [4.69, 9.17) is 4.74 Å². The molecule has 27 heavy (non-hydrogen) atoms. The van der Waals surface area contributed by atoms with E-state index in [1.54, 1.807) is 12.3 Å². The van der Waals surface area contributed by atoms with Gasteiger partial charge in [-0.25, -0.2) is 13.8 Å². The molecule has 0 aliphatic heterocycles. The lowest BCUT2D eigenvalue weighted by Crippen LogP contribution is -2.17. The number of hydrogen-bond donors (Lipinski definition) is 1. The number of benzene rings is 1. The molecule has 5 nitrogen and oxygen atoms in total. The topological polar surface area (TPSA) is 59.9 Å². The summed E-state index contributed by atoms with van der Waals surface area (Å²) in [6, 6.07) is 6.75. The standard InChI is InChI=1S/C20H20F2N4O/c1-12-13(2)26-18(14(3)25-12)11-23-10-15-5-4-8-24-20(15)27-19-7-6-16(21)9-17(19)22/h4-9,23H,10-11H2,1-3H3. The fourth-order valence-corrected chi connectivity index (χ4v) is 2.56. The van der Waals surface area contributed by atoms with Crippen LogP contribution in [0, 0.1) is 32.4 Å². The predicted octanol–water partition coefficient (Wildman–Crippen LogP) is 4.16. The molecule has 1 N–H and O–H groups in total. The minimum Gasteiger partial charge on any atom is -0.436 e. The van der Waals surface area contributed by atoms with Gasteiger partial charge in [-0.05, 0) is 39.0 Å². The van der Waals surface area contributed by atoms with Gasteiger partial charge in [-0.1, -0.05) is 6.07 Å². The SMILES string of the molecule is Cc1nc(C)c(CNCc2cccnc2Oc2ccc(F)cc2F)nc1C. The maximum absolute atomic E-state index is 13.8. The Bertz CT molecular complexity index is 963. The van der Waals surface area contributed by atoms with Crippen molar-refractivity contribution >= 4 is 0 Å². The van der Waals surface area contributed by atoms with E-state index in [-0.39, 0.29) is 11.6 Å². The molecule has 0 saturated heterocycles. The maximum Gasteiger partial charge on any atom is 0.223 e. The molecule has 0 amide bonds. The van der Waals surface area contributed by atoms with Crippen molar-refractivity contribution in [3.63, 3.8) is 0 Å². The van der Waals surface area contributed by atoms with Gasteiger partial charge in [0.25, 0.3) is 0 Å². The summed E-state index contributed by atoms with van der Waals surface area (Å²) in [6.07, 6.45) is 1.55. The highest BCUT2D eigenvalue weighted by molar-refractivity contribution is 5.33. The van der Waals surface area contributed by atoms with Gasteiger partial charge in [-0.2, -0.15) is 0 Å². The van der Waals surface area contributed by atoms with E-state index in [1.165, 1.54) is 6.07 Å². The molecule has 0 atom stereocenters. The Hall–Kier alpha value is -2.93. The van der Waals surface area contributed by atoms with Crippen LogP contribution in [0.25, 0.3) is 0 Å². The van der Waals surface area contributed by atoms with Gasteiger partial charge >= 0.3 is 0 Å². The smallest absolute Gasteiger partial charge is 0.223 e. The van der Waals surface area contributed by atoms with Crippen molar-refractivity contribution in [2.45, 2.75) is 33.9 Å². The van der Waals surface area contributed by atoms with E-state index in [0.717, 1.165) is 40.5 Å². The normalized spacial score (nSPS) is 10.9. The molecule has 2 heterocycles. The van der Waals surface area contributed by atoms with Crippen LogP contribution in [0.1, 0.15) is 28.3 Å². The van der Waals surface area contributed by atoms with Crippen LogP contribution in [-0.2, 0) is 13.1 Å². The van der Waals surface area contributed by atoms with Crippen LogP contribution in [0.5, 0.6) is 11.6 Å². The van der Waals surface area contributed by atoms with Crippen molar-refractivity contribution in [1.82, 2.24) is 20.3 Å². The van der Waals surface area contributed by atoms with Gasteiger partial charge in [0.2, 0.25) is 5.88 Å². The fourth-order valence-electron chi connectivity index (χ4n) is 2.56. The number of ether oxygens (including phenoxy) is 1. The van der Waals surface area contributed by atoms with Gasteiger partial charge < -0.3 is 10.1 Å². The minimum atomic E-state index is -0.777. The van der Waals surface area contributed by atoms with E-state index in [9.17, 15) is 8.78 Å². The Balaban J connectivity index is 1.70. The Morgan fingerprint density at radius 1 is 0.963 bits per heavy atom. The second kappa shape index (κ2) is 8.18. The third-order valence-electron chi connectivity index (χ3n) is 4.14. The molecule has 0 aliphatic carbocycles. The molecule has 2 aromatic heterocycles. The summed E-state index contributed by atoms with van der Waals surface area (Å²) in [7, 11) is 0.